The molecule has 0 spiro atoms. The number of nitrogens with zero attached hydrogens (tertiary/aromatic N) is 1. The highest BCUT2D eigenvalue weighted by Gasteiger charge is 2.61. The van der Waals surface area contributed by atoms with E-state index in [4.69, 9.17) is 9.47 Å². The molecule has 8 atom stereocenters. The van der Waals surface area contributed by atoms with Crippen LogP contribution in [0.4, 0.5) is 0 Å². The molecular formula is C29H42N2O5. The van der Waals surface area contributed by atoms with Gasteiger partial charge in [-0.3, -0.25) is 9.59 Å². The van der Waals surface area contributed by atoms with E-state index >= 15 is 0 Å². The topological polar surface area (TPSA) is 88.1 Å². The first-order valence-electron chi connectivity index (χ1n) is 13.7. The van der Waals surface area contributed by atoms with Crippen LogP contribution in [-0.2, 0) is 25.5 Å². The fraction of sp³-hybridized carbons (Fsp3) is 0.724. The molecule has 5 rings (SSSR count). The largest absolute Gasteiger partial charge is 0.393 e. The second-order valence-corrected chi connectivity index (χ2v) is 12.1. The molecule has 2 amide bonds. The molecule has 0 unspecified atom stereocenters. The fourth-order valence-electron chi connectivity index (χ4n) is 7.91. The maximum Gasteiger partial charge on any atom is 0.223 e. The highest BCUT2D eigenvalue weighted by Crippen LogP contribution is 2.62. The summed E-state index contributed by atoms with van der Waals surface area (Å²) in [6.07, 6.45) is 4.83. The van der Waals surface area contributed by atoms with Crippen molar-refractivity contribution in [3.8, 4) is 0 Å². The molecule has 7 heteroatoms. The second-order valence-electron chi connectivity index (χ2n) is 12.1. The summed E-state index contributed by atoms with van der Waals surface area (Å²) < 4.78 is 12.9. The third kappa shape index (κ3) is 4.82. The summed E-state index contributed by atoms with van der Waals surface area (Å²) in [4.78, 5) is 26.6. The van der Waals surface area contributed by atoms with Gasteiger partial charge in [-0.2, -0.15) is 0 Å². The first-order valence-corrected chi connectivity index (χ1v) is 13.7. The molecule has 2 N–H and O–H groups in total. The van der Waals surface area contributed by atoms with Crippen LogP contribution in [0.3, 0.4) is 0 Å². The Morgan fingerprint density at radius 3 is 2.64 bits per heavy atom. The highest BCUT2D eigenvalue weighted by molar-refractivity contribution is 5.77. The molecule has 4 fully saturated rings. The minimum absolute atomic E-state index is 0.0285. The fourth-order valence-corrected chi connectivity index (χ4v) is 7.91. The summed E-state index contributed by atoms with van der Waals surface area (Å²) in [6.45, 7) is 7.98. The Morgan fingerprint density at radius 2 is 1.89 bits per heavy atom. The van der Waals surface area contributed by atoms with Gasteiger partial charge in [-0.25, -0.2) is 0 Å². The molecule has 2 aliphatic carbocycles. The van der Waals surface area contributed by atoms with E-state index in [0.717, 1.165) is 32.1 Å². The van der Waals surface area contributed by atoms with E-state index in [1.807, 2.05) is 23.1 Å². The number of aliphatic hydroxyl groups excluding tert-OH is 1. The van der Waals surface area contributed by atoms with Gasteiger partial charge in [0, 0.05) is 44.3 Å². The summed E-state index contributed by atoms with van der Waals surface area (Å²) in [6, 6.07) is 10.4. The van der Waals surface area contributed by atoms with Crippen LogP contribution < -0.4 is 5.32 Å². The maximum atomic E-state index is 13.3. The maximum absolute atomic E-state index is 13.3. The monoisotopic (exact) mass is 498 g/mol. The Kier molecular flexibility index (Phi) is 7.18. The standard InChI is InChI=1S/C29H42N2O5/c1-19(32)30-21-12-14-31(17-21)26(34)16-22-23(33)9-10-24-28(22,2)13-11-25-29(24,3)18-35-27(36-25)15-20-7-5-4-6-8-20/h4-8,21-25,27,33H,9-18H2,1-3H3,(H,30,32)/t21-,22+,23+,24+,25+,27+,28-,29-/m0/s1. The van der Waals surface area contributed by atoms with Gasteiger partial charge in [0.05, 0.1) is 18.8 Å². The average Bonchev–Trinajstić information content (AvgIpc) is 3.30. The van der Waals surface area contributed by atoms with Crippen LogP contribution in [0.25, 0.3) is 0 Å². The van der Waals surface area contributed by atoms with Gasteiger partial charge in [0.15, 0.2) is 6.29 Å². The quantitative estimate of drug-likeness (QED) is 0.651. The molecule has 2 aliphatic heterocycles. The number of amides is 2. The van der Waals surface area contributed by atoms with Crippen LogP contribution >= 0.6 is 0 Å². The van der Waals surface area contributed by atoms with E-state index in [-0.39, 0.29) is 47.0 Å². The number of nitrogens with one attached hydrogen (secondary N) is 1. The van der Waals surface area contributed by atoms with Crippen LogP contribution in [0, 0.1) is 22.7 Å². The van der Waals surface area contributed by atoms with Crippen LogP contribution in [-0.4, -0.2) is 66.1 Å². The number of benzene rings is 1. The van der Waals surface area contributed by atoms with Gasteiger partial charge in [0.1, 0.15) is 0 Å². The van der Waals surface area contributed by atoms with Crippen molar-refractivity contribution in [2.24, 2.45) is 22.7 Å². The molecule has 0 aromatic heterocycles. The van der Waals surface area contributed by atoms with Crippen molar-refractivity contribution in [3.05, 3.63) is 35.9 Å². The molecule has 36 heavy (non-hydrogen) atoms. The number of rotatable bonds is 5. The molecule has 0 radical (unpaired) electrons. The lowest BCUT2D eigenvalue weighted by atomic mass is 9.46. The van der Waals surface area contributed by atoms with Gasteiger partial charge in [-0.1, -0.05) is 44.2 Å². The molecule has 4 aliphatic rings. The predicted octanol–water partition coefficient (Wildman–Crippen LogP) is 3.29. The average molecular weight is 499 g/mol. The molecular weight excluding hydrogens is 456 g/mol. The van der Waals surface area contributed by atoms with E-state index in [1.54, 1.807) is 0 Å². The van der Waals surface area contributed by atoms with Gasteiger partial charge in [-0.05, 0) is 54.9 Å². The van der Waals surface area contributed by atoms with E-state index in [2.05, 4.69) is 31.3 Å². The lowest BCUT2D eigenvalue weighted by Crippen LogP contribution is -2.63. The summed E-state index contributed by atoms with van der Waals surface area (Å²) in [5.74, 6) is 0.289. The molecule has 1 aromatic rings. The Bertz CT molecular complexity index is 956. The van der Waals surface area contributed by atoms with Crippen LogP contribution in [0.2, 0.25) is 0 Å². The van der Waals surface area contributed by atoms with Crippen molar-refractivity contribution in [2.45, 2.75) is 90.3 Å². The molecule has 0 bridgehead atoms. The number of ether oxygens (including phenoxy) is 2. The first-order chi connectivity index (χ1) is 17.2. The minimum Gasteiger partial charge on any atom is -0.393 e. The normalized spacial score (nSPS) is 40.3. The number of aliphatic hydroxyl groups is 1. The van der Waals surface area contributed by atoms with Crippen LogP contribution in [0.5, 0.6) is 0 Å². The van der Waals surface area contributed by atoms with Gasteiger partial charge < -0.3 is 24.8 Å². The molecule has 1 aromatic carbocycles. The number of hydrogen-bond donors (Lipinski definition) is 2. The van der Waals surface area contributed by atoms with Crippen LogP contribution in [0.1, 0.15) is 64.9 Å². The summed E-state index contributed by atoms with van der Waals surface area (Å²) in [5, 5.41) is 14.1. The third-order valence-electron chi connectivity index (χ3n) is 9.82. The van der Waals surface area contributed by atoms with Crippen molar-refractivity contribution in [2.75, 3.05) is 19.7 Å². The van der Waals surface area contributed by atoms with Crippen molar-refractivity contribution in [3.63, 3.8) is 0 Å². The summed E-state index contributed by atoms with van der Waals surface area (Å²) >= 11 is 0. The zero-order chi connectivity index (χ0) is 25.5. The van der Waals surface area contributed by atoms with Crippen molar-refractivity contribution >= 4 is 11.8 Å². The predicted molar refractivity (Wildman–Crippen MR) is 136 cm³/mol. The number of fused-ring (bicyclic) bond motifs is 3. The van der Waals surface area contributed by atoms with Gasteiger partial charge in [-0.15, -0.1) is 0 Å². The van der Waals surface area contributed by atoms with Crippen LogP contribution in [0.15, 0.2) is 30.3 Å². The van der Waals surface area contributed by atoms with Gasteiger partial charge in [0.25, 0.3) is 0 Å². The van der Waals surface area contributed by atoms with Crippen molar-refractivity contribution in [1.29, 1.82) is 0 Å². The number of carbonyl (C=O) groups is 2. The molecule has 7 nitrogen and oxygen atoms in total. The van der Waals surface area contributed by atoms with E-state index < -0.39 is 6.10 Å². The second kappa shape index (κ2) is 10.1. The number of carbonyl (C=O) groups excluding carboxylic acids is 2. The lowest BCUT2D eigenvalue weighted by molar-refractivity contribution is -0.308. The number of likely N-dealkylation sites (tertiary alicyclic amines) is 1. The van der Waals surface area contributed by atoms with Gasteiger partial charge in [0.2, 0.25) is 11.8 Å². The highest BCUT2D eigenvalue weighted by atomic mass is 16.7. The smallest absolute Gasteiger partial charge is 0.223 e. The summed E-state index contributed by atoms with van der Waals surface area (Å²) in [5.41, 5.74) is 0.939. The Morgan fingerprint density at radius 1 is 1.11 bits per heavy atom. The zero-order valence-electron chi connectivity index (χ0n) is 21.9. The third-order valence-corrected chi connectivity index (χ3v) is 9.82. The Labute approximate surface area is 214 Å². The molecule has 2 saturated carbocycles. The van der Waals surface area contributed by atoms with E-state index in [9.17, 15) is 14.7 Å². The van der Waals surface area contributed by atoms with E-state index in [1.165, 1.54) is 12.5 Å². The van der Waals surface area contributed by atoms with Crippen molar-refractivity contribution < 1.29 is 24.2 Å². The molecule has 2 heterocycles. The Balaban J connectivity index is 1.26. The molecule has 2 saturated heterocycles. The SMILES string of the molecule is CC(=O)N[C@H]1CCN(C(=O)C[C@@H]2[C@H](O)CC[C@H]3[C@]4(C)CO[C@@H](Cc5ccccc5)O[C@@H]4CC[C@]32C)C1. The minimum atomic E-state index is -0.472. The molecule has 198 valence electrons. The van der Waals surface area contributed by atoms with Gasteiger partial charge >= 0.3 is 0 Å². The summed E-state index contributed by atoms with van der Waals surface area (Å²) in [7, 11) is 0. The van der Waals surface area contributed by atoms with Crippen molar-refractivity contribution in [1.82, 2.24) is 10.2 Å². The van der Waals surface area contributed by atoms with E-state index in [0.29, 0.717) is 38.5 Å². The first kappa shape index (κ1) is 25.7. The lowest BCUT2D eigenvalue weighted by Gasteiger charge is -2.63. The number of hydrogen-bond acceptors (Lipinski definition) is 5. The zero-order valence-corrected chi connectivity index (χ0v) is 21.9. The Hall–Kier alpha value is -1.96.